The first kappa shape index (κ1) is 46.2. The van der Waals surface area contributed by atoms with Gasteiger partial charge in [0.15, 0.2) is 18.9 Å². The van der Waals surface area contributed by atoms with E-state index in [0.29, 0.717) is 23.7 Å². The van der Waals surface area contributed by atoms with E-state index in [4.69, 9.17) is 28.4 Å². The van der Waals surface area contributed by atoms with Gasteiger partial charge in [0.25, 0.3) is 0 Å². The zero-order valence-electron chi connectivity index (χ0n) is 36.3. The highest BCUT2D eigenvalue weighted by Gasteiger charge is 2.60. The van der Waals surface area contributed by atoms with Crippen LogP contribution in [0, 0.1) is 46.3 Å². The van der Waals surface area contributed by atoms with Gasteiger partial charge in [-0.25, -0.2) is 0 Å². The van der Waals surface area contributed by atoms with Crippen molar-refractivity contribution in [2.45, 2.75) is 217 Å². The fourth-order valence-electron chi connectivity index (χ4n) is 13.0. The van der Waals surface area contributed by atoms with E-state index < -0.39 is 98.7 Å². The average Bonchev–Trinajstić information content (AvgIpc) is 3.56. The summed E-state index contributed by atoms with van der Waals surface area (Å²) in [5, 5.41) is 85.7. The highest BCUT2D eigenvalue weighted by Crippen LogP contribution is 2.67. The lowest BCUT2D eigenvalue weighted by Gasteiger charge is -2.58. The summed E-state index contributed by atoms with van der Waals surface area (Å²) in [6.45, 7) is 14.6. The second-order valence-electron chi connectivity index (χ2n) is 20.6. The van der Waals surface area contributed by atoms with E-state index in [9.17, 15) is 40.9 Å². The number of rotatable bonds is 12. The van der Waals surface area contributed by atoms with Crippen LogP contribution in [0.25, 0.3) is 0 Å². The molecule has 0 amide bonds. The Bertz CT molecular complexity index is 1430. The number of ether oxygens (including phenoxy) is 6. The van der Waals surface area contributed by atoms with E-state index in [0.717, 1.165) is 42.9 Å². The fraction of sp³-hybridized carbons (Fsp3) is 0.956. The van der Waals surface area contributed by atoms with Gasteiger partial charge in [0.2, 0.25) is 0 Å². The lowest BCUT2D eigenvalue weighted by molar-refractivity contribution is -0.388. The van der Waals surface area contributed by atoms with Crippen molar-refractivity contribution >= 4 is 0 Å². The Balaban J connectivity index is 1.07. The summed E-state index contributed by atoms with van der Waals surface area (Å²) in [5.41, 5.74) is 1.82. The van der Waals surface area contributed by atoms with Crippen LogP contribution in [0.4, 0.5) is 0 Å². The van der Waals surface area contributed by atoms with Gasteiger partial charge < -0.3 is 69.3 Å². The molecule has 3 aliphatic heterocycles. The van der Waals surface area contributed by atoms with E-state index in [2.05, 4.69) is 40.7 Å². The molecule has 23 atom stereocenters. The van der Waals surface area contributed by atoms with Crippen LogP contribution in [-0.2, 0) is 28.4 Å². The summed E-state index contributed by atoms with van der Waals surface area (Å²) in [4.78, 5) is 0. The standard InChI is InChI=1S/C45H76O14/c1-21(2)9-8-10-22(3)28-13-14-29-27-12-11-25-19-26(15-17-44(25,6)30(27)16-18-45(28,29)7)56-43-40(59-42-37(52)35(50)33(48)24(5)55-42)38(53)39(31(20-46)57-43)58-41-36(51)34(49)32(47)23(4)54-41/h11,21-24,26-43,46-53H,8-10,12-20H2,1-7H3/t22-,23+,24+,26+,27+,28-,29+,30+,31-,32+,33+,34-,35-,36-,37-,38+,39-,40-,41+,42+,43+,44+,45-/m1/s1. The molecule has 0 spiro atoms. The van der Waals surface area contributed by atoms with Crippen molar-refractivity contribution in [2.75, 3.05) is 6.61 Å². The number of aliphatic hydroxyl groups is 8. The Morgan fingerprint density at radius 1 is 0.678 bits per heavy atom. The van der Waals surface area contributed by atoms with Gasteiger partial charge >= 0.3 is 0 Å². The Labute approximate surface area is 350 Å². The summed E-state index contributed by atoms with van der Waals surface area (Å²) in [7, 11) is 0. The summed E-state index contributed by atoms with van der Waals surface area (Å²) in [6, 6.07) is 0. The fourth-order valence-corrected chi connectivity index (χ4v) is 13.0. The maximum Gasteiger partial charge on any atom is 0.187 e. The zero-order chi connectivity index (χ0) is 42.7. The molecule has 7 aliphatic rings. The van der Waals surface area contributed by atoms with Crippen LogP contribution in [0.5, 0.6) is 0 Å². The summed E-state index contributed by atoms with van der Waals surface area (Å²) in [6.07, 6.45) is -6.56. The average molecular weight is 841 g/mol. The molecule has 340 valence electrons. The molecule has 3 heterocycles. The monoisotopic (exact) mass is 841 g/mol. The first-order chi connectivity index (χ1) is 27.9. The second kappa shape index (κ2) is 18.3. The quantitative estimate of drug-likeness (QED) is 0.133. The van der Waals surface area contributed by atoms with Gasteiger partial charge in [0.05, 0.1) is 24.9 Å². The number of hydrogen-bond acceptors (Lipinski definition) is 14. The summed E-state index contributed by atoms with van der Waals surface area (Å²) >= 11 is 0. The first-order valence-electron chi connectivity index (χ1n) is 22.9. The predicted octanol–water partition coefficient (Wildman–Crippen LogP) is 2.92. The van der Waals surface area contributed by atoms with E-state index in [-0.39, 0.29) is 11.5 Å². The lowest BCUT2D eigenvalue weighted by atomic mass is 9.47. The minimum atomic E-state index is -1.70. The van der Waals surface area contributed by atoms with Crippen molar-refractivity contribution in [1.82, 2.24) is 0 Å². The normalized spacial score (nSPS) is 52.0. The van der Waals surface area contributed by atoms with E-state index >= 15 is 0 Å². The van der Waals surface area contributed by atoms with Crippen LogP contribution in [0.2, 0.25) is 0 Å². The highest BCUT2D eigenvalue weighted by atomic mass is 16.8. The molecule has 0 aromatic rings. The molecule has 0 aromatic carbocycles. The molecule has 59 heavy (non-hydrogen) atoms. The molecule has 14 heteroatoms. The van der Waals surface area contributed by atoms with Crippen LogP contribution in [0.15, 0.2) is 11.6 Å². The lowest BCUT2D eigenvalue weighted by Crippen LogP contribution is -2.66. The van der Waals surface area contributed by atoms with Gasteiger partial charge in [-0.3, -0.25) is 0 Å². The molecular weight excluding hydrogens is 764 g/mol. The molecule has 3 saturated heterocycles. The van der Waals surface area contributed by atoms with Crippen LogP contribution < -0.4 is 0 Å². The van der Waals surface area contributed by atoms with Crippen molar-refractivity contribution in [3.8, 4) is 0 Å². The summed E-state index contributed by atoms with van der Waals surface area (Å²) < 4.78 is 36.6. The van der Waals surface area contributed by atoms with Gasteiger partial charge in [-0.05, 0) is 112 Å². The molecule has 0 bridgehead atoms. The molecule has 0 aromatic heterocycles. The molecular formula is C45H76O14. The van der Waals surface area contributed by atoms with Crippen molar-refractivity contribution in [1.29, 1.82) is 0 Å². The zero-order valence-corrected chi connectivity index (χ0v) is 36.3. The van der Waals surface area contributed by atoms with E-state index in [1.165, 1.54) is 64.4 Å². The third-order valence-corrected chi connectivity index (χ3v) is 16.6. The third-order valence-electron chi connectivity index (χ3n) is 16.6. The number of aliphatic hydroxyl groups excluding tert-OH is 8. The molecule has 4 aliphatic carbocycles. The molecule has 0 radical (unpaired) electrons. The Morgan fingerprint density at radius 2 is 1.31 bits per heavy atom. The number of hydrogen-bond donors (Lipinski definition) is 8. The minimum absolute atomic E-state index is 0.0454. The summed E-state index contributed by atoms with van der Waals surface area (Å²) in [5.74, 6) is 4.30. The van der Waals surface area contributed by atoms with Gasteiger partial charge in [0.1, 0.15) is 61.0 Å². The van der Waals surface area contributed by atoms with Gasteiger partial charge in [0, 0.05) is 0 Å². The second-order valence-corrected chi connectivity index (χ2v) is 20.6. The molecule has 14 nitrogen and oxygen atoms in total. The Kier molecular flexibility index (Phi) is 14.4. The van der Waals surface area contributed by atoms with Crippen LogP contribution in [0.3, 0.4) is 0 Å². The maximum atomic E-state index is 12.0. The number of fused-ring (bicyclic) bond motifs is 5. The van der Waals surface area contributed by atoms with Gasteiger partial charge in [-0.2, -0.15) is 0 Å². The Hall–Kier alpha value is -0.820. The van der Waals surface area contributed by atoms with Gasteiger partial charge in [-0.15, -0.1) is 0 Å². The first-order valence-corrected chi connectivity index (χ1v) is 22.9. The van der Waals surface area contributed by atoms with Crippen LogP contribution in [-0.4, -0.2) is 146 Å². The molecule has 3 saturated carbocycles. The van der Waals surface area contributed by atoms with Crippen LogP contribution >= 0.6 is 0 Å². The third kappa shape index (κ3) is 8.73. The van der Waals surface area contributed by atoms with Crippen molar-refractivity contribution in [3.05, 3.63) is 11.6 Å². The van der Waals surface area contributed by atoms with Crippen LogP contribution in [0.1, 0.15) is 119 Å². The van der Waals surface area contributed by atoms with Crippen molar-refractivity contribution in [3.63, 3.8) is 0 Å². The molecule has 0 unspecified atom stereocenters. The van der Waals surface area contributed by atoms with E-state index in [1.54, 1.807) is 0 Å². The number of allylic oxidation sites excluding steroid dienone is 1. The van der Waals surface area contributed by atoms with Crippen molar-refractivity contribution < 1.29 is 69.3 Å². The highest BCUT2D eigenvalue weighted by molar-refractivity contribution is 5.25. The topological polar surface area (TPSA) is 217 Å². The Morgan fingerprint density at radius 3 is 1.92 bits per heavy atom. The molecule has 6 fully saturated rings. The predicted molar refractivity (Wildman–Crippen MR) is 214 cm³/mol. The van der Waals surface area contributed by atoms with Crippen molar-refractivity contribution in [2.24, 2.45) is 46.3 Å². The smallest absolute Gasteiger partial charge is 0.187 e. The SMILES string of the molecule is CC(C)CCC[C@@H](C)[C@H]1CC[C@H]2[C@@H]3CC=C4C[C@@H](O[C@H]5O[C@H](CO)[C@@H](O[C@@H]6O[C@@H](C)[C@H](O)[C@@H](O)[C@H]6O)[C@H](O)[C@H]5O[C@@H]5O[C@@H](C)[C@H](O)[C@@H](O)[C@H]5O)CC[C@]4(C)[C@H]3CC[C@]12C. The largest absolute Gasteiger partial charge is 0.394 e. The van der Waals surface area contributed by atoms with Gasteiger partial charge in [-0.1, -0.05) is 65.5 Å². The maximum absolute atomic E-state index is 12.0. The molecule has 8 N–H and O–H groups in total. The molecule has 7 rings (SSSR count). The van der Waals surface area contributed by atoms with E-state index in [1.807, 2.05) is 0 Å². The minimum Gasteiger partial charge on any atom is -0.394 e.